The zero-order valence-corrected chi connectivity index (χ0v) is 11.1. The van der Waals surface area contributed by atoms with Gasteiger partial charge < -0.3 is 9.84 Å². The Hall–Kier alpha value is -0.340. The quantitative estimate of drug-likeness (QED) is 0.587. The Morgan fingerprint density at radius 3 is 2.50 bits per heavy atom. The van der Waals surface area contributed by atoms with Gasteiger partial charge in [0.15, 0.2) is 5.79 Å². The SMILES string of the molecule is C/C(=C/COC1(O)CCC(C)CC1)C(C)C. The second-order valence-electron chi connectivity index (χ2n) is 5.54. The van der Waals surface area contributed by atoms with E-state index in [9.17, 15) is 5.11 Å². The summed E-state index contributed by atoms with van der Waals surface area (Å²) < 4.78 is 5.62. The third kappa shape index (κ3) is 4.26. The second kappa shape index (κ2) is 5.83. The minimum Gasteiger partial charge on any atom is -0.365 e. The van der Waals surface area contributed by atoms with E-state index in [-0.39, 0.29) is 0 Å². The van der Waals surface area contributed by atoms with Gasteiger partial charge in [-0.15, -0.1) is 0 Å². The summed E-state index contributed by atoms with van der Waals surface area (Å²) in [6.07, 6.45) is 5.79. The molecule has 0 saturated heterocycles. The van der Waals surface area contributed by atoms with Crippen molar-refractivity contribution in [2.24, 2.45) is 11.8 Å². The van der Waals surface area contributed by atoms with Gasteiger partial charge in [-0.25, -0.2) is 0 Å². The van der Waals surface area contributed by atoms with Gasteiger partial charge in [0.25, 0.3) is 0 Å². The normalized spacial score (nSPS) is 32.1. The van der Waals surface area contributed by atoms with E-state index in [0.717, 1.165) is 31.6 Å². The molecule has 1 aliphatic rings. The molecule has 1 aliphatic carbocycles. The van der Waals surface area contributed by atoms with Crippen LogP contribution >= 0.6 is 0 Å². The highest BCUT2D eigenvalue weighted by Crippen LogP contribution is 2.32. The molecule has 0 aromatic rings. The molecule has 1 N–H and O–H groups in total. The number of aliphatic hydroxyl groups is 1. The van der Waals surface area contributed by atoms with E-state index in [1.165, 1.54) is 5.57 Å². The molecule has 16 heavy (non-hydrogen) atoms. The zero-order chi connectivity index (χ0) is 12.2. The summed E-state index contributed by atoms with van der Waals surface area (Å²) in [6.45, 7) is 9.23. The molecule has 94 valence electrons. The lowest BCUT2D eigenvalue weighted by atomic mass is 9.86. The monoisotopic (exact) mass is 226 g/mol. The molecular formula is C14H26O2. The van der Waals surface area contributed by atoms with Crippen molar-refractivity contribution in [3.05, 3.63) is 11.6 Å². The van der Waals surface area contributed by atoms with E-state index < -0.39 is 5.79 Å². The lowest BCUT2D eigenvalue weighted by molar-refractivity contribution is -0.217. The van der Waals surface area contributed by atoms with Crippen LogP contribution in [0.15, 0.2) is 11.6 Å². The van der Waals surface area contributed by atoms with E-state index in [1.807, 2.05) is 0 Å². The van der Waals surface area contributed by atoms with Crippen molar-refractivity contribution >= 4 is 0 Å². The summed E-state index contributed by atoms with van der Waals surface area (Å²) in [5.41, 5.74) is 1.33. The van der Waals surface area contributed by atoms with Gasteiger partial charge in [0.2, 0.25) is 0 Å². The Labute approximate surface area is 99.7 Å². The molecule has 1 rings (SSSR count). The van der Waals surface area contributed by atoms with E-state index in [2.05, 4.69) is 33.8 Å². The molecule has 1 fully saturated rings. The first-order valence-electron chi connectivity index (χ1n) is 6.46. The Bertz CT molecular complexity index is 235. The molecule has 0 bridgehead atoms. The maximum atomic E-state index is 10.2. The lowest BCUT2D eigenvalue weighted by Crippen LogP contribution is -2.36. The summed E-state index contributed by atoms with van der Waals surface area (Å²) in [6, 6.07) is 0. The fourth-order valence-electron chi connectivity index (χ4n) is 1.92. The number of hydrogen-bond acceptors (Lipinski definition) is 2. The smallest absolute Gasteiger partial charge is 0.165 e. The summed E-state index contributed by atoms with van der Waals surface area (Å²) in [5.74, 6) is 0.432. The molecule has 0 atom stereocenters. The Morgan fingerprint density at radius 2 is 2.00 bits per heavy atom. The third-order valence-electron chi connectivity index (χ3n) is 3.72. The lowest BCUT2D eigenvalue weighted by Gasteiger charge is -2.34. The first-order chi connectivity index (χ1) is 7.43. The Balaban J connectivity index is 2.34. The zero-order valence-electron chi connectivity index (χ0n) is 11.1. The van der Waals surface area contributed by atoms with Crippen LogP contribution in [0.2, 0.25) is 0 Å². The van der Waals surface area contributed by atoms with Crippen LogP contribution < -0.4 is 0 Å². The Kier molecular flexibility index (Phi) is 5.00. The number of rotatable bonds is 4. The van der Waals surface area contributed by atoms with Crippen molar-refractivity contribution in [3.63, 3.8) is 0 Å². The number of allylic oxidation sites excluding steroid dienone is 1. The van der Waals surface area contributed by atoms with Gasteiger partial charge in [-0.1, -0.05) is 32.4 Å². The summed E-state index contributed by atoms with van der Waals surface area (Å²) in [5, 5.41) is 10.2. The summed E-state index contributed by atoms with van der Waals surface area (Å²) in [7, 11) is 0. The van der Waals surface area contributed by atoms with Crippen molar-refractivity contribution < 1.29 is 9.84 Å². The molecule has 0 aromatic carbocycles. The van der Waals surface area contributed by atoms with Gasteiger partial charge >= 0.3 is 0 Å². The maximum Gasteiger partial charge on any atom is 0.165 e. The van der Waals surface area contributed by atoms with Gasteiger partial charge in [0.1, 0.15) is 0 Å². The van der Waals surface area contributed by atoms with E-state index in [4.69, 9.17) is 4.74 Å². The van der Waals surface area contributed by atoms with Gasteiger partial charge in [-0.05, 0) is 31.6 Å². The molecule has 0 aliphatic heterocycles. The Morgan fingerprint density at radius 1 is 1.44 bits per heavy atom. The van der Waals surface area contributed by atoms with E-state index in [0.29, 0.717) is 12.5 Å². The molecule has 2 heteroatoms. The predicted molar refractivity (Wildman–Crippen MR) is 67.1 cm³/mol. The molecule has 0 radical (unpaired) electrons. The van der Waals surface area contributed by atoms with E-state index >= 15 is 0 Å². The number of hydrogen-bond donors (Lipinski definition) is 1. The minimum atomic E-state index is -0.861. The molecule has 0 amide bonds. The first kappa shape index (κ1) is 13.7. The molecule has 0 heterocycles. The van der Waals surface area contributed by atoms with Crippen LogP contribution in [0, 0.1) is 11.8 Å². The molecule has 0 unspecified atom stereocenters. The highest BCUT2D eigenvalue weighted by atomic mass is 16.6. The molecule has 0 spiro atoms. The van der Waals surface area contributed by atoms with Gasteiger partial charge in [-0.3, -0.25) is 0 Å². The minimum absolute atomic E-state index is 0.537. The van der Waals surface area contributed by atoms with Crippen LogP contribution in [0.1, 0.15) is 53.4 Å². The standard InChI is InChI=1S/C14H26O2/c1-11(2)13(4)7-10-16-14(15)8-5-12(3)6-9-14/h7,11-12,15H,5-6,8-10H2,1-4H3/b13-7-. The average Bonchev–Trinajstić information content (AvgIpc) is 2.23. The van der Waals surface area contributed by atoms with Crippen LogP contribution in [0.25, 0.3) is 0 Å². The average molecular weight is 226 g/mol. The highest BCUT2D eigenvalue weighted by Gasteiger charge is 2.32. The second-order valence-corrected chi connectivity index (χ2v) is 5.54. The first-order valence-corrected chi connectivity index (χ1v) is 6.46. The molecular weight excluding hydrogens is 200 g/mol. The molecule has 2 nitrogen and oxygen atoms in total. The third-order valence-corrected chi connectivity index (χ3v) is 3.72. The van der Waals surface area contributed by atoms with Gasteiger partial charge in [-0.2, -0.15) is 0 Å². The van der Waals surface area contributed by atoms with Gasteiger partial charge in [0, 0.05) is 12.8 Å². The fourth-order valence-corrected chi connectivity index (χ4v) is 1.92. The van der Waals surface area contributed by atoms with Crippen LogP contribution in [-0.4, -0.2) is 17.5 Å². The van der Waals surface area contributed by atoms with Crippen molar-refractivity contribution in [2.45, 2.75) is 59.2 Å². The summed E-state index contributed by atoms with van der Waals surface area (Å²) >= 11 is 0. The molecule has 1 saturated carbocycles. The van der Waals surface area contributed by atoms with Gasteiger partial charge in [0.05, 0.1) is 6.61 Å². The van der Waals surface area contributed by atoms with Crippen molar-refractivity contribution in [1.82, 2.24) is 0 Å². The fraction of sp³-hybridized carbons (Fsp3) is 0.857. The largest absolute Gasteiger partial charge is 0.365 e. The van der Waals surface area contributed by atoms with Crippen LogP contribution in [-0.2, 0) is 4.74 Å². The van der Waals surface area contributed by atoms with Crippen LogP contribution in [0.5, 0.6) is 0 Å². The van der Waals surface area contributed by atoms with Crippen molar-refractivity contribution in [2.75, 3.05) is 6.61 Å². The highest BCUT2D eigenvalue weighted by molar-refractivity contribution is 5.00. The summed E-state index contributed by atoms with van der Waals surface area (Å²) in [4.78, 5) is 0. The van der Waals surface area contributed by atoms with Crippen molar-refractivity contribution in [1.29, 1.82) is 0 Å². The van der Waals surface area contributed by atoms with Crippen LogP contribution in [0.3, 0.4) is 0 Å². The molecule has 0 aromatic heterocycles. The van der Waals surface area contributed by atoms with Crippen molar-refractivity contribution in [3.8, 4) is 0 Å². The predicted octanol–water partition coefficient (Wildman–Crippen LogP) is 3.50. The maximum absolute atomic E-state index is 10.2. The number of ether oxygens (including phenoxy) is 1. The topological polar surface area (TPSA) is 29.5 Å². The van der Waals surface area contributed by atoms with Crippen LogP contribution in [0.4, 0.5) is 0 Å². The van der Waals surface area contributed by atoms with E-state index in [1.54, 1.807) is 0 Å².